The van der Waals surface area contributed by atoms with Gasteiger partial charge in [0.2, 0.25) is 0 Å². The van der Waals surface area contributed by atoms with E-state index in [1.807, 2.05) is 24.3 Å². The molecule has 1 heterocycles. The van der Waals surface area contributed by atoms with Gasteiger partial charge in [-0.25, -0.2) is 4.98 Å². The maximum atomic E-state index is 12.0. The zero-order chi connectivity index (χ0) is 15.8. The SMILES string of the molecule is C=CCNc1ccc(C(=O)NCCc2cccc(Cl)c2)cn1. The van der Waals surface area contributed by atoms with Gasteiger partial charge in [0, 0.05) is 24.3 Å². The van der Waals surface area contributed by atoms with Crippen LogP contribution in [0, 0.1) is 0 Å². The Labute approximate surface area is 135 Å². The van der Waals surface area contributed by atoms with Crippen molar-refractivity contribution in [3.63, 3.8) is 0 Å². The fourth-order valence-corrected chi connectivity index (χ4v) is 2.14. The second kappa shape index (κ2) is 8.20. The summed E-state index contributed by atoms with van der Waals surface area (Å²) in [6.07, 6.45) is 4.04. The van der Waals surface area contributed by atoms with Crippen LogP contribution in [0.25, 0.3) is 0 Å². The van der Waals surface area contributed by atoms with E-state index in [1.54, 1.807) is 24.4 Å². The number of nitrogens with one attached hydrogen (secondary N) is 2. The van der Waals surface area contributed by atoms with Crippen LogP contribution in [-0.4, -0.2) is 24.0 Å². The summed E-state index contributed by atoms with van der Waals surface area (Å²) in [4.78, 5) is 16.2. The summed E-state index contributed by atoms with van der Waals surface area (Å²) in [5, 5.41) is 6.63. The van der Waals surface area contributed by atoms with Crippen molar-refractivity contribution >= 4 is 23.3 Å². The highest BCUT2D eigenvalue weighted by Crippen LogP contribution is 2.11. The number of rotatable bonds is 7. The first kappa shape index (κ1) is 16.0. The fraction of sp³-hybridized carbons (Fsp3) is 0.176. The molecule has 0 aliphatic rings. The molecule has 0 bridgehead atoms. The van der Waals surface area contributed by atoms with Crippen LogP contribution >= 0.6 is 11.6 Å². The molecule has 0 atom stereocenters. The van der Waals surface area contributed by atoms with Crippen LogP contribution in [0.3, 0.4) is 0 Å². The monoisotopic (exact) mass is 315 g/mol. The predicted octanol–water partition coefficient (Wildman–Crippen LogP) is 3.31. The number of carbonyl (C=O) groups is 1. The molecule has 0 fully saturated rings. The highest BCUT2D eigenvalue weighted by molar-refractivity contribution is 6.30. The Balaban J connectivity index is 1.83. The third-order valence-corrected chi connectivity index (χ3v) is 3.28. The molecule has 0 saturated heterocycles. The lowest BCUT2D eigenvalue weighted by molar-refractivity contribution is 0.0954. The van der Waals surface area contributed by atoms with Crippen LogP contribution in [-0.2, 0) is 6.42 Å². The summed E-state index contributed by atoms with van der Waals surface area (Å²) in [6, 6.07) is 11.1. The second-order valence-electron chi connectivity index (χ2n) is 4.74. The van der Waals surface area contributed by atoms with Gasteiger partial charge in [0.15, 0.2) is 0 Å². The molecule has 2 N–H and O–H groups in total. The van der Waals surface area contributed by atoms with Gasteiger partial charge in [-0.1, -0.05) is 29.8 Å². The Bertz CT molecular complexity index is 641. The number of pyridine rings is 1. The van der Waals surface area contributed by atoms with E-state index in [9.17, 15) is 4.79 Å². The third-order valence-electron chi connectivity index (χ3n) is 3.04. The molecular weight excluding hydrogens is 298 g/mol. The highest BCUT2D eigenvalue weighted by atomic mass is 35.5. The van der Waals surface area contributed by atoms with Crippen LogP contribution in [0.2, 0.25) is 5.02 Å². The molecule has 2 aromatic rings. The lowest BCUT2D eigenvalue weighted by Crippen LogP contribution is -2.25. The number of hydrogen-bond acceptors (Lipinski definition) is 3. The van der Waals surface area contributed by atoms with Crippen molar-refractivity contribution < 1.29 is 4.79 Å². The van der Waals surface area contributed by atoms with Gasteiger partial charge in [-0.3, -0.25) is 4.79 Å². The Morgan fingerprint density at radius 3 is 2.86 bits per heavy atom. The van der Waals surface area contributed by atoms with Gasteiger partial charge in [0.05, 0.1) is 5.56 Å². The summed E-state index contributed by atoms with van der Waals surface area (Å²) >= 11 is 5.93. The van der Waals surface area contributed by atoms with Gasteiger partial charge in [-0.15, -0.1) is 6.58 Å². The van der Waals surface area contributed by atoms with Crippen LogP contribution < -0.4 is 10.6 Å². The molecule has 1 aromatic heterocycles. The Morgan fingerprint density at radius 1 is 1.32 bits per heavy atom. The van der Waals surface area contributed by atoms with Crippen molar-refractivity contribution in [3.05, 3.63) is 71.4 Å². The molecule has 1 aromatic carbocycles. The predicted molar refractivity (Wildman–Crippen MR) is 90.4 cm³/mol. The van der Waals surface area contributed by atoms with Gasteiger partial charge in [-0.2, -0.15) is 0 Å². The highest BCUT2D eigenvalue weighted by Gasteiger charge is 2.05. The maximum absolute atomic E-state index is 12.0. The van der Waals surface area contributed by atoms with Crippen molar-refractivity contribution in [2.45, 2.75) is 6.42 Å². The Morgan fingerprint density at radius 2 is 2.18 bits per heavy atom. The Hall–Kier alpha value is -2.33. The van der Waals surface area contributed by atoms with Crippen molar-refractivity contribution in [2.75, 3.05) is 18.4 Å². The van der Waals surface area contributed by atoms with Gasteiger partial charge >= 0.3 is 0 Å². The maximum Gasteiger partial charge on any atom is 0.252 e. The number of carbonyl (C=O) groups excluding carboxylic acids is 1. The number of aromatic nitrogens is 1. The van der Waals surface area contributed by atoms with E-state index in [4.69, 9.17) is 11.6 Å². The van der Waals surface area contributed by atoms with Gasteiger partial charge in [-0.05, 0) is 36.2 Å². The molecule has 4 nitrogen and oxygen atoms in total. The zero-order valence-electron chi connectivity index (χ0n) is 12.2. The van der Waals surface area contributed by atoms with E-state index < -0.39 is 0 Å². The van der Waals surface area contributed by atoms with Crippen molar-refractivity contribution in [2.24, 2.45) is 0 Å². The van der Waals surface area contributed by atoms with Gasteiger partial charge < -0.3 is 10.6 Å². The molecule has 0 spiro atoms. The van der Waals surface area contributed by atoms with Gasteiger partial charge in [0.25, 0.3) is 5.91 Å². The van der Waals surface area contributed by atoms with E-state index >= 15 is 0 Å². The molecule has 2 rings (SSSR count). The molecule has 0 saturated carbocycles. The second-order valence-corrected chi connectivity index (χ2v) is 5.17. The third kappa shape index (κ3) is 4.90. The molecule has 1 amide bonds. The topological polar surface area (TPSA) is 54.0 Å². The van der Waals surface area contributed by atoms with Crippen molar-refractivity contribution in [3.8, 4) is 0 Å². The summed E-state index contributed by atoms with van der Waals surface area (Å²) in [5.41, 5.74) is 1.63. The number of nitrogens with zero attached hydrogens (tertiary/aromatic N) is 1. The minimum absolute atomic E-state index is 0.134. The summed E-state index contributed by atoms with van der Waals surface area (Å²) in [7, 11) is 0. The lowest BCUT2D eigenvalue weighted by atomic mass is 10.1. The number of halogens is 1. The number of anilines is 1. The van der Waals surface area contributed by atoms with Crippen molar-refractivity contribution in [1.29, 1.82) is 0 Å². The number of amides is 1. The van der Waals surface area contributed by atoms with Crippen LogP contribution in [0.1, 0.15) is 15.9 Å². The van der Waals surface area contributed by atoms with Crippen LogP contribution in [0.4, 0.5) is 5.82 Å². The van der Waals surface area contributed by atoms with E-state index in [0.29, 0.717) is 23.7 Å². The molecular formula is C17H18ClN3O. The first-order chi connectivity index (χ1) is 10.7. The van der Waals surface area contributed by atoms with Crippen LogP contribution in [0.15, 0.2) is 55.3 Å². The normalized spacial score (nSPS) is 10.0. The largest absolute Gasteiger partial charge is 0.367 e. The van der Waals surface area contributed by atoms with E-state index in [1.165, 1.54) is 0 Å². The summed E-state index contributed by atoms with van der Waals surface area (Å²) in [6.45, 7) is 4.81. The summed E-state index contributed by atoms with van der Waals surface area (Å²) in [5.74, 6) is 0.583. The quantitative estimate of drug-likeness (QED) is 0.771. The van der Waals surface area contributed by atoms with Crippen molar-refractivity contribution in [1.82, 2.24) is 10.3 Å². The number of hydrogen-bond donors (Lipinski definition) is 2. The molecule has 114 valence electrons. The summed E-state index contributed by atoms with van der Waals surface area (Å²) < 4.78 is 0. The smallest absolute Gasteiger partial charge is 0.252 e. The van der Waals surface area contributed by atoms with Crippen LogP contribution in [0.5, 0.6) is 0 Å². The standard InChI is InChI=1S/C17H18ClN3O/c1-2-9-19-16-7-6-14(12-21-16)17(22)20-10-8-13-4-3-5-15(18)11-13/h2-7,11-12H,1,8-10H2,(H,19,21)(H,20,22). The van der Waals surface area contributed by atoms with Gasteiger partial charge in [0.1, 0.15) is 5.82 Å². The van der Waals surface area contributed by atoms with E-state index in [2.05, 4.69) is 22.2 Å². The molecule has 0 aliphatic carbocycles. The molecule has 22 heavy (non-hydrogen) atoms. The average molecular weight is 316 g/mol. The zero-order valence-corrected chi connectivity index (χ0v) is 12.9. The molecule has 0 aliphatic heterocycles. The number of benzene rings is 1. The molecule has 0 unspecified atom stereocenters. The lowest BCUT2D eigenvalue weighted by Gasteiger charge is -2.07. The average Bonchev–Trinajstić information content (AvgIpc) is 2.53. The van der Waals surface area contributed by atoms with E-state index in [0.717, 1.165) is 17.8 Å². The molecule has 0 radical (unpaired) electrons. The first-order valence-corrected chi connectivity index (χ1v) is 7.40. The minimum Gasteiger partial charge on any atom is -0.367 e. The fourth-order valence-electron chi connectivity index (χ4n) is 1.92. The first-order valence-electron chi connectivity index (χ1n) is 7.02. The van der Waals surface area contributed by atoms with E-state index in [-0.39, 0.29) is 5.91 Å². The molecule has 5 heteroatoms. The minimum atomic E-state index is -0.134. The Kier molecular flexibility index (Phi) is 5.98.